The van der Waals surface area contributed by atoms with E-state index in [1.165, 1.54) is 0 Å². The maximum atomic E-state index is 5.48. The highest BCUT2D eigenvalue weighted by Gasteiger charge is 2.23. The number of methoxy groups -OCH3 is 1. The van der Waals surface area contributed by atoms with Crippen molar-refractivity contribution in [1.82, 2.24) is 10.3 Å². The van der Waals surface area contributed by atoms with Gasteiger partial charge in [-0.3, -0.25) is 0 Å². The highest BCUT2D eigenvalue weighted by Crippen LogP contribution is 2.21. The number of nitrogens with zero attached hydrogens (tertiary/aromatic N) is 1. The van der Waals surface area contributed by atoms with Crippen molar-refractivity contribution in [1.29, 1.82) is 0 Å². The molecule has 0 aromatic carbocycles. The van der Waals surface area contributed by atoms with Crippen LogP contribution < -0.4 is 5.32 Å². The Morgan fingerprint density at radius 1 is 1.50 bits per heavy atom. The molecule has 0 saturated carbocycles. The van der Waals surface area contributed by atoms with Crippen LogP contribution >= 0.6 is 11.3 Å². The van der Waals surface area contributed by atoms with Gasteiger partial charge in [0.25, 0.3) is 0 Å². The molecule has 0 radical (unpaired) electrons. The first-order valence-corrected chi connectivity index (χ1v) is 6.46. The van der Waals surface area contributed by atoms with Gasteiger partial charge in [-0.2, -0.15) is 0 Å². The average Bonchev–Trinajstić information content (AvgIpc) is 2.57. The largest absolute Gasteiger partial charge is 0.380 e. The van der Waals surface area contributed by atoms with Crippen LogP contribution in [0.5, 0.6) is 0 Å². The lowest BCUT2D eigenvalue weighted by molar-refractivity contribution is 0.0173. The van der Waals surface area contributed by atoms with E-state index in [1.807, 2.05) is 6.92 Å². The standard InChI is InChI=1S/C12H22N2OS/c1-9-14-10(8-16-9)6-13-7-11(15-5)12(2,3)4/h8,11,13H,6-7H2,1-5H3. The van der Waals surface area contributed by atoms with Gasteiger partial charge in [0.2, 0.25) is 0 Å². The second-order valence-corrected chi connectivity index (χ2v) is 6.14. The molecule has 0 amide bonds. The molecule has 0 spiro atoms. The van der Waals surface area contributed by atoms with Crippen molar-refractivity contribution in [3.63, 3.8) is 0 Å². The van der Waals surface area contributed by atoms with E-state index in [2.05, 4.69) is 36.5 Å². The van der Waals surface area contributed by atoms with Gasteiger partial charge in [0.1, 0.15) is 0 Å². The zero-order chi connectivity index (χ0) is 12.2. The molecule has 0 saturated heterocycles. The van der Waals surface area contributed by atoms with Crippen molar-refractivity contribution in [3.05, 3.63) is 16.1 Å². The molecule has 1 aromatic rings. The summed E-state index contributed by atoms with van der Waals surface area (Å²) in [6.45, 7) is 10.3. The van der Waals surface area contributed by atoms with Crippen molar-refractivity contribution >= 4 is 11.3 Å². The van der Waals surface area contributed by atoms with Crippen LogP contribution in [0.4, 0.5) is 0 Å². The number of aryl methyl sites for hydroxylation is 1. The monoisotopic (exact) mass is 242 g/mol. The number of hydrogen-bond acceptors (Lipinski definition) is 4. The fraction of sp³-hybridized carbons (Fsp3) is 0.750. The van der Waals surface area contributed by atoms with Crippen molar-refractivity contribution in [3.8, 4) is 0 Å². The third-order valence-corrected chi connectivity index (χ3v) is 3.38. The van der Waals surface area contributed by atoms with E-state index >= 15 is 0 Å². The van der Waals surface area contributed by atoms with Crippen molar-refractivity contribution in [2.75, 3.05) is 13.7 Å². The van der Waals surface area contributed by atoms with Gasteiger partial charge in [0, 0.05) is 25.6 Å². The van der Waals surface area contributed by atoms with Crippen LogP contribution in [0.25, 0.3) is 0 Å². The Kier molecular flexibility index (Phi) is 4.89. The maximum Gasteiger partial charge on any atom is 0.0897 e. The molecule has 0 aliphatic rings. The lowest BCUT2D eigenvalue weighted by atomic mass is 9.89. The summed E-state index contributed by atoms with van der Waals surface area (Å²) in [6.07, 6.45) is 0.229. The van der Waals surface area contributed by atoms with Gasteiger partial charge in [-0.05, 0) is 12.3 Å². The lowest BCUT2D eigenvalue weighted by Crippen LogP contribution is -2.38. The van der Waals surface area contributed by atoms with E-state index in [0.29, 0.717) is 0 Å². The highest BCUT2D eigenvalue weighted by molar-refractivity contribution is 7.09. The Balaban J connectivity index is 2.34. The third-order valence-electron chi connectivity index (χ3n) is 2.55. The van der Waals surface area contributed by atoms with E-state index in [9.17, 15) is 0 Å². The third kappa shape index (κ3) is 4.20. The smallest absolute Gasteiger partial charge is 0.0897 e. The zero-order valence-corrected chi connectivity index (χ0v) is 11.6. The molecule has 0 aliphatic carbocycles. The molecule has 0 fully saturated rings. The molecule has 16 heavy (non-hydrogen) atoms. The number of ether oxygens (including phenoxy) is 1. The minimum Gasteiger partial charge on any atom is -0.380 e. The molecule has 1 rings (SSSR count). The lowest BCUT2D eigenvalue weighted by Gasteiger charge is -2.29. The second-order valence-electron chi connectivity index (χ2n) is 5.08. The Bertz CT molecular complexity index is 317. The molecular formula is C12H22N2OS. The van der Waals surface area contributed by atoms with Crippen LogP contribution in [0, 0.1) is 12.3 Å². The topological polar surface area (TPSA) is 34.1 Å². The second kappa shape index (κ2) is 5.75. The fourth-order valence-electron chi connectivity index (χ4n) is 1.56. The first-order valence-electron chi connectivity index (χ1n) is 5.58. The van der Waals surface area contributed by atoms with Crippen LogP contribution in [0.2, 0.25) is 0 Å². The summed E-state index contributed by atoms with van der Waals surface area (Å²) < 4.78 is 5.48. The van der Waals surface area contributed by atoms with Crippen LogP contribution in [0.3, 0.4) is 0 Å². The van der Waals surface area contributed by atoms with Crippen molar-refractivity contribution in [2.45, 2.75) is 40.3 Å². The molecule has 0 aliphatic heterocycles. The summed E-state index contributed by atoms with van der Waals surface area (Å²) in [7, 11) is 1.77. The first-order chi connectivity index (χ1) is 7.43. The minimum atomic E-state index is 0.166. The molecule has 4 heteroatoms. The summed E-state index contributed by atoms with van der Waals surface area (Å²) in [5.41, 5.74) is 1.28. The van der Waals surface area contributed by atoms with Gasteiger partial charge in [0.15, 0.2) is 0 Å². The molecule has 1 unspecified atom stereocenters. The summed E-state index contributed by atoms with van der Waals surface area (Å²) in [5, 5.41) is 6.61. The van der Waals surface area contributed by atoms with Crippen LogP contribution in [0.15, 0.2) is 5.38 Å². The highest BCUT2D eigenvalue weighted by atomic mass is 32.1. The fourth-order valence-corrected chi connectivity index (χ4v) is 2.18. The first kappa shape index (κ1) is 13.6. The summed E-state index contributed by atoms with van der Waals surface area (Å²) in [5.74, 6) is 0. The number of rotatable bonds is 5. The predicted octanol–water partition coefficient (Wildman–Crippen LogP) is 2.60. The summed E-state index contributed by atoms with van der Waals surface area (Å²) >= 11 is 1.69. The Morgan fingerprint density at radius 2 is 2.19 bits per heavy atom. The normalized spacial score (nSPS) is 14.1. The van der Waals surface area contributed by atoms with Gasteiger partial charge in [-0.25, -0.2) is 4.98 Å². The number of nitrogens with one attached hydrogen (secondary N) is 1. The quantitative estimate of drug-likeness (QED) is 0.862. The number of aromatic nitrogens is 1. The Morgan fingerprint density at radius 3 is 2.62 bits per heavy atom. The van der Waals surface area contributed by atoms with Gasteiger partial charge >= 0.3 is 0 Å². The number of thiazole rings is 1. The number of hydrogen-bond donors (Lipinski definition) is 1. The Hall–Kier alpha value is -0.450. The Labute approximate surface area is 102 Å². The zero-order valence-electron chi connectivity index (χ0n) is 10.8. The molecule has 1 atom stereocenters. The molecule has 3 nitrogen and oxygen atoms in total. The van der Waals surface area contributed by atoms with Crippen LogP contribution in [-0.2, 0) is 11.3 Å². The summed E-state index contributed by atoms with van der Waals surface area (Å²) in [6, 6.07) is 0. The van der Waals surface area contributed by atoms with Crippen molar-refractivity contribution in [2.24, 2.45) is 5.41 Å². The van der Waals surface area contributed by atoms with Gasteiger partial charge in [-0.15, -0.1) is 11.3 Å². The molecule has 1 heterocycles. The average molecular weight is 242 g/mol. The van der Waals surface area contributed by atoms with E-state index in [1.54, 1.807) is 18.4 Å². The van der Waals surface area contributed by atoms with E-state index in [-0.39, 0.29) is 11.5 Å². The molecule has 92 valence electrons. The van der Waals surface area contributed by atoms with E-state index < -0.39 is 0 Å². The van der Waals surface area contributed by atoms with Gasteiger partial charge in [0.05, 0.1) is 16.8 Å². The van der Waals surface area contributed by atoms with E-state index in [0.717, 1.165) is 23.8 Å². The maximum absolute atomic E-state index is 5.48. The minimum absolute atomic E-state index is 0.166. The molecule has 1 N–H and O–H groups in total. The van der Waals surface area contributed by atoms with Gasteiger partial charge in [-0.1, -0.05) is 20.8 Å². The summed E-state index contributed by atoms with van der Waals surface area (Å²) in [4.78, 5) is 4.41. The van der Waals surface area contributed by atoms with E-state index in [4.69, 9.17) is 4.74 Å². The SMILES string of the molecule is COC(CNCc1csc(C)n1)C(C)(C)C. The van der Waals surface area contributed by atoms with Crippen molar-refractivity contribution < 1.29 is 4.74 Å². The molecular weight excluding hydrogens is 220 g/mol. The predicted molar refractivity (Wildman–Crippen MR) is 68.8 cm³/mol. The van der Waals surface area contributed by atoms with Crippen LogP contribution in [-0.4, -0.2) is 24.7 Å². The van der Waals surface area contributed by atoms with Crippen LogP contribution in [0.1, 0.15) is 31.5 Å². The molecule has 1 aromatic heterocycles. The van der Waals surface area contributed by atoms with Gasteiger partial charge < -0.3 is 10.1 Å². The molecule has 0 bridgehead atoms.